The first kappa shape index (κ1) is 18.6. The number of aliphatic hydroxyl groups excluding tert-OH is 1. The maximum atomic E-state index is 12.5. The molecular formula is C18H26ClN3O3. The van der Waals surface area contributed by atoms with Crippen LogP contribution in [0, 0.1) is 0 Å². The van der Waals surface area contributed by atoms with Gasteiger partial charge in [0.05, 0.1) is 13.0 Å². The Morgan fingerprint density at radius 2 is 1.88 bits per heavy atom. The van der Waals surface area contributed by atoms with Crippen molar-refractivity contribution in [2.24, 2.45) is 0 Å². The molecule has 0 unspecified atom stereocenters. The lowest BCUT2D eigenvalue weighted by Gasteiger charge is -2.37. The molecule has 2 heterocycles. The zero-order valence-electron chi connectivity index (χ0n) is 14.6. The zero-order chi connectivity index (χ0) is 18.0. The fourth-order valence-electron chi connectivity index (χ4n) is 3.51. The van der Waals surface area contributed by atoms with E-state index in [1.807, 2.05) is 12.1 Å². The van der Waals surface area contributed by atoms with Gasteiger partial charge in [0.25, 0.3) is 0 Å². The first-order chi connectivity index (χ1) is 11.9. The van der Waals surface area contributed by atoms with Crippen LogP contribution in [0.25, 0.3) is 0 Å². The lowest BCUT2D eigenvalue weighted by molar-refractivity contribution is -0.130. The van der Waals surface area contributed by atoms with Crippen molar-refractivity contribution in [3.8, 4) is 0 Å². The summed E-state index contributed by atoms with van der Waals surface area (Å²) in [4.78, 5) is 18.5. The number of hydrogen-bond donors (Lipinski definition) is 2. The molecule has 0 radical (unpaired) electrons. The maximum absolute atomic E-state index is 12.5. The second-order valence-electron chi connectivity index (χ2n) is 7.28. The van der Waals surface area contributed by atoms with E-state index in [1.54, 1.807) is 17.0 Å². The standard InChI is InChI=1S/C18H26ClN3O3/c1-20-6-8-21(9-7-20)12-18(25)13-22(11-16(18)23)17(24)10-14-2-4-15(19)5-3-14/h2-5,16,23,25H,6-13H2,1H3/t16-,18+/m1/s1. The molecule has 1 aromatic rings. The Bertz CT molecular complexity index is 604. The monoisotopic (exact) mass is 367 g/mol. The average molecular weight is 368 g/mol. The SMILES string of the molecule is CN1CCN(C[C@]2(O)CN(C(=O)Cc3ccc(Cl)cc3)C[C@H]2O)CC1. The summed E-state index contributed by atoms with van der Waals surface area (Å²) in [5.41, 5.74) is -0.385. The summed E-state index contributed by atoms with van der Waals surface area (Å²) < 4.78 is 0. The summed E-state index contributed by atoms with van der Waals surface area (Å²) in [6, 6.07) is 7.16. The summed E-state index contributed by atoms with van der Waals surface area (Å²) in [5, 5.41) is 21.9. The van der Waals surface area contributed by atoms with E-state index >= 15 is 0 Å². The van der Waals surface area contributed by atoms with Gasteiger partial charge in [0, 0.05) is 44.3 Å². The molecule has 2 aliphatic rings. The Morgan fingerprint density at radius 1 is 1.24 bits per heavy atom. The zero-order valence-corrected chi connectivity index (χ0v) is 15.3. The molecule has 2 atom stereocenters. The van der Waals surface area contributed by atoms with Crippen LogP contribution in [-0.2, 0) is 11.2 Å². The predicted molar refractivity (Wildman–Crippen MR) is 96.6 cm³/mol. The van der Waals surface area contributed by atoms with Gasteiger partial charge < -0.3 is 20.0 Å². The first-order valence-corrected chi connectivity index (χ1v) is 9.07. The van der Waals surface area contributed by atoms with Gasteiger partial charge >= 0.3 is 0 Å². The highest BCUT2D eigenvalue weighted by Gasteiger charge is 2.47. The Hall–Kier alpha value is -1.18. The highest BCUT2D eigenvalue weighted by Crippen LogP contribution is 2.24. The molecule has 0 aromatic heterocycles. The van der Waals surface area contributed by atoms with Gasteiger partial charge in [-0.1, -0.05) is 23.7 Å². The smallest absolute Gasteiger partial charge is 0.227 e. The molecule has 0 saturated carbocycles. The van der Waals surface area contributed by atoms with Crippen LogP contribution in [0.4, 0.5) is 0 Å². The number of piperazine rings is 1. The summed E-state index contributed by atoms with van der Waals surface area (Å²) in [5.74, 6) is -0.0873. The van der Waals surface area contributed by atoms with Crippen molar-refractivity contribution in [2.45, 2.75) is 18.1 Å². The number of likely N-dealkylation sites (tertiary alicyclic amines) is 1. The molecule has 7 heteroatoms. The van der Waals surface area contributed by atoms with Crippen molar-refractivity contribution in [3.05, 3.63) is 34.9 Å². The number of hydrogen-bond acceptors (Lipinski definition) is 5. The van der Waals surface area contributed by atoms with Gasteiger partial charge in [0.15, 0.2) is 0 Å². The topological polar surface area (TPSA) is 67.2 Å². The maximum Gasteiger partial charge on any atom is 0.227 e. The quantitative estimate of drug-likeness (QED) is 0.788. The molecule has 6 nitrogen and oxygen atoms in total. The number of rotatable bonds is 4. The van der Waals surface area contributed by atoms with Crippen LogP contribution in [0.15, 0.2) is 24.3 Å². The molecule has 25 heavy (non-hydrogen) atoms. The number of nitrogens with zero attached hydrogens (tertiary/aromatic N) is 3. The molecule has 2 N–H and O–H groups in total. The van der Waals surface area contributed by atoms with E-state index in [1.165, 1.54) is 0 Å². The van der Waals surface area contributed by atoms with Crippen molar-refractivity contribution < 1.29 is 15.0 Å². The van der Waals surface area contributed by atoms with Gasteiger partial charge in [0.2, 0.25) is 5.91 Å². The molecule has 3 rings (SSSR count). The minimum Gasteiger partial charge on any atom is -0.388 e. The van der Waals surface area contributed by atoms with Crippen LogP contribution >= 0.6 is 11.6 Å². The molecule has 2 fully saturated rings. The largest absolute Gasteiger partial charge is 0.388 e. The van der Waals surface area contributed by atoms with Crippen LogP contribution in [-0.4, -0.2) is 95.4 Å². The van der Waals surface area contributed by atoms with Crippen molar-refractivity contribution in [1.82, 2.24) is 14.7 Å². The van der Waals surface area contributed by atoms with E-state index in [-0.39, 0.29) is 25.4 Å². The Balaban J connectivity index is 1.57. The minimum atomic E-state index is -1.26. The van der Waals surface area contributed by atoms with E-state index in [0.717, 1.165) is 31.7 Å². The van der Waals surface area contributed by atoms with Crippen molar-refractivity contribution >= 4 is 17.5 Å². The normalized spacial score (nSPS) is 28.5. The molecular weight excluding hydrogens is 342 g/mol. The molecule has 2 saturated heterocycles. The summed E-state index contributed by atoms with van der Waals surface area (Å²) in [6.45, 7) is 4.38. The number of carbonyl (C=O) groups excluding carboxylic acids is 1. The third kappa shape index (κ3) is 4.51. The van der Waals surface area contributed by atoms with Gasteiger partial charge in [-0.25, -0.2) is 0 Å². The molecule has 138 valence electrons. The van der Waals surface area contributed by atoms with Crippen molar-refractivity contribution in [1.29, 1.82) is 0 Å². The Kier molecular flexibility index (Phi) is 5.65. The number of β-amino-alcohol motifs (C(OH)–C–C–N with tert-alkyl or cyclic N) is 2. The van der Waals surface area contributed by atoms with Gasteiger partial charge in [-0.3, -0.25) is 9.69 Å². The summed E-state index contributed by atoms with van der Waals surface area (Å²) in [6.07, 6.45) is -0.671. The van der Waals surface area contributed by atoms with Gasteiger partial charge in [-0.15, -0.1) is 0 Å². The first-order valence-electron chi connectivity index (χ1n) is 8.69. The minimum absolute atomic E-state index is 0.0873. The highest BCUT2D eigenvalue weighted by molar-refractivity contribution is 6.30. The molecule has 1 aromatic carbocycles. The highest BCUT2D eigenvalue weighted by atomic mass is 35.5. The van der Waals surface area contributed by atoms with Crippen LogP contribution in [0.1, 0.15) is 5.56 Å². The number of benzene rings is 1. The third-order valence-corrected chi connectivity index (χ3v) is 5.44. The van der Waals surface area contributed by atoms with Crippen molar-refractivity contribution in [3.63, 3.8) is 0 Å². The van der Waals surface area contributed by atoms with Crippen LogP contribution < -0.4 is 0 Å². The fraction of sp³-hybridized carbons (Fsp3) is 0.611. The van der Waals surface area contributed by atoms with Crippen LogP contribution in [0.3, 0.4) is 0 Å². The molecule has 1 amide bonds. The second-order valence-corrected chi connectivity index (χ2v) is 7.71. The molecule has 0 aliphatic carbocycles. The average Bonchev–Trinajstić information content (AvgIpc) is 2.87. The van der Waals surface area contributed by atoms with Gasteiger partial charge in [-0.2, -0.15) is 0 Å². The summed E-state index contributed by atoms with van der Waals surface area (Å²) in [7, 11) is 2.08. The number of halogens is 1. The van der Waals surface area contributed by atoms with E-state index in [9.17, 15) is 15.0 Å². The summed E-state index contributed by atoms with van der Waals surface area (Å²) >= 11 is 5.86. The van der Waals surface area contributed by atoms with Crippen LogP contribution in [0.2, 0.25) is 5.02 Å². The van der Waals surface area contributed by atoms with E-state index in [4.69, 9.17) is 11.6 Å². The van der Waals surface area contributed by atoms with Gasteiger partial charge in [-0.05, 0) is 24.7 Å². The Labute approximate surface area is 153 Å². The number of amides is 1. The second kappa shape index (κ2) is 7.60. The third-order valence-electron chi connectivity index (χ3n) is 5.19. The molecule has 0 spiro atoms. The lowest BCUT2D eigenvalue weighted by atomic mass is 9.99. The lowest BCUT2D eigenvalue weighted by Crippen LogP contribution is -2.55. The number of aliphatic hydroxyl groups is 2. The van der Waals surface area contributed by atoms with E-state index in [2.05, 4.69) is 16.8 Å². The van der Waals surface area contributed by atoms with Gasteiger partial charge in [0.1, 0.15) is 11.7 Å². The predicted octanol–water partition coefficient (Wildman–Crippen LogP) is 0.0641. The molecule has 0 bridgehead atoms. The van der Waals surface area contributed by atoms with Crippen molar-refractivity contribution in [2.75, 3.05) is 52.9 Å². The number of likely N-dealkylation sites (N-methyl/N-ethyl adjacent to an activating group) is 1. The number of carbonyl (C=O) groups is 1. The molecule has 2 aliphatic heterocycles. The fourth-order valence-corrected chi connectivity index (χ4v) is 3.63. The Morgan fingerprint density at radius 3 is 2.52 bits per heavy atom. The van der Waals surface area contributed by atoms with E-state index in [0.29, 0.717) is 11.6 Å². The van der Waals surface area contributed by atoms with Crippen LogP contribution in [0.5, 0.6) is 0 Å². The van der Waals surface area contributed by atoms with E-state index < -0.39 is 11.7 Å².